The Bertz CT molecular complexity index is 826. The normalized spacial score (nSPS) is 13.1. The molecule has 49 heavy (non-hydrogen) atoms. The monoisotopic (exact) mass is 698 g/mol. The molecule has 0 radical (unpaired) electrons. The Morgan fingerprint density at radius 1 is 0.592 bits per heavy atom. The highest BCUT2D eigenvalue weighted by molar-refractivity contribution is 5.70. The molecule has 0 spiro atoms. The molecular formula is C40H75NO8. The molecule has 0 saturated carbocycles. The summed E-state index contributed by atoms with van der Waals surface area (Å²) < 4.78 is 22.4. The average Bonchev–Trinajstić information content (AvgIpc) is 3.05. The summed E-state index contributed by atoms with van der Waals surface area (Å²) in [4.78, 5) is 36.7. The Kier molecular flexibility index (Phi) is 31.9. The summed E-state index contributed by atoms with van der Waals surface area (Å²) in [7, 11) is 5.89. The fourth-order valence-electron chi connectivity index (χ4n) is 5.35. The van der Waals surface area contributed by atoms with Crippen molar-refractivity contribution in [3.8, 4) is 0 Å². The van der Waals surface area contributed by atoms with E-state index in [1.165, 1.54) is 83.5 Å². The molecule has 0 aliphatic rings. The molecular weight excluding hydrogens is 622 g/mol. The van der Waals surface area contributed by atoms with Gasteiger partial charge >= 0.3 is 11.9 Å². The van der Waals surface area contributed by atoms with E-state index in [1.54, 1.807) is 0 Å². The van der Waals surface area contributed by atoms with Gasteiger partial charge in [-0.15, -0.1) is 0 Å². The van der Waals surface area contributed by atoms with Crippen LogP contribution in [-0.2, 0) is 33.3 Å². The van der Waals surface area contributed by atoms with Crippen molar-refractivity contribution in [3.05, 3.63) is 12.2 Å². The van der Waals surface area contributed by atoms with Crippen molar-refractivity contribution in [2.24, 2.45) is 0 Å². The van der Waals surface area contributed by atoms with Gasteiger partial charge in [0, 0.05) is 12.8 Å². The first-order valence-corrected chi connectivity index (χ1v) is 19.8. The number of carbonyl (C=O) groups excluding carboxylic acids is 3. The van der Waals surface area contributed by atoms with Crippen molar-refractivity contribution < 1.29 is 42.9 Å². The molecule has 0 aliphatic heterocycles. The molecule has 0 aliphatic carbocycles. The van der Waals surface area contributed by atoms with Gasteiger partial charge in [0.2, 0.25) is 0 Å². The number of hydrogen-bond acceptors (Lipinski definition) is 8. The maximum Gasteiger partial charge on any atom is 0.306 e. The third-order valence-corrected chi connectivity index (χ3v) is 8.51. The van der Waals surface area contributed by atoms with E-state index in [2.05, 4.69) is 26.0 Å². The van der Waals surface area contributed by atoms with Gasteiger partial charge in [-0.05, 0) is 38.5 Å². The maximum atomic E-state index is 12.7. The van der Waals surface area contributed by atoms with Gasteiger partial charge in [0.1, 0.15) is 13.2 Å². The zero-order valence-corrected chi connectivity index (χ0v) is 32.3. The number of hydrogen-bond donors (Lipinski definition) is 0. The van der Waals surface area contributed by atoms with Gasteiger partial charge in [-0.3, -0.25) is 9.59 Å². The smallest absolute Gasteiger partial charge is 0.306 e. The van der Waals surface area contributed by atoms with E-state index in [-0.39, 0.29) is 32.2 Å². The van der Waals surface area contributed by atoms with Crippen LogP contribution in [-0.4, -0.2) is 82.3 Å². The second-order valence-electron chi connectivity index (χ2n) is 14.6. The SMILES string of the molecule is CCCCCCCCC/C=C\CCCCCCCC(=O)OC(COC(=O)CCCCCCCCCC)COC(OCC[N+](C)(C)C)C(=O)[O-]. The molecule has 0 aromatic rings. The summed E-state index contributed by atoms with van der Waals surface area (Å²) >= 11 is 0. The first-order chi connectivity index (χ1) is 23.6. The molecule has 0 fully saturated rings. The number of likely N-dealkylation sites (N-methyl/N-ethyl adjacent to an activating group) is 1. The van der Waals surface area contributed by atoms with Crippen LogP contribution in [0.1, 0.15) is 168 Å². The number of carboxylic acids is 1. The fourth-order valence-corrected chi connectivity index (χ4v) is 5.35. The number of allylic oxidation sites excluding steroid dienone is 2. The van der Waals surface area contributed by atoms with Crippen molar-refractivity contribution in [1.29, 1.82) is 0 Å². The lowest BCUT2D eigenvalue weighted by molar-refractivity contribution is -0.870. The van der Waals surface area contributed by atoms with E-state index in [1.807, 2.05) is 21.1 Å². The van der Waals surface area contributed by atoms with Crippen molar-refractivity contribution in [2.75, 3.05) is 47.5 Å². The summed E-state index contributed by atoms with van der Waals surface area (Å²) in [6.07, 6.45) is 28.2. The van der Waals surface area contributed by atoms with E-state index in [4.69, 9.17) is 18.9 Å². The van der Waals surface area contributed by atoms with E-state index < -0.39 is 24.3 Å². The summed E-state index contributed by atoms with van der Waals surface area (Å²) in [6, 6.07) is 0. The van der Waals surface area contributed by atoms with Crippen LogP contribution >= 0.6 is 0 Å². The van der Waals surface area contributed by atoms with E-state index in [9.17, 15) is 19.5 Å². The molecule has 0 N–H and O–H groups in total. The Balaban J connectivity index is 4.47. The summed E-state index contributed by atoms with van der Waals surface area (Å²) in [5.41, 5.74) is 0. The van der Waals surface area contributed by atoms with Crippen molar-refractivity contribution in [1.82, 2.24) is 0 Å². The molecule has 2 atom stereocenters. The quantitative estimate of drug-likeness (QED) is 0.0212. The van der Waals surface area contributed by atoms with Gasteiger partial charge in [-0.1, -0.05) is 129 Å². The molecule has 0 saturated heterocycles. The van der Waals surface area contributed by atoms with E-state index in [0.29, 0.717) is 23.9 Å². The molecule has 0 aromatic heterocycles. The van der Waals surface area contributed by atoms with Crippen molar-refractivity contribution in [3.63, 3.8) is 0 Å². The molecule has 0 amide bonds. The minimum Gasteiger partial charge on any atom is -0.545 e. The molecule has 9 heteroatoms. The first kappa shape index (κ1) is 47.0. The highest BCUT2D eigenvalue weighted by Gasteiger charge is 2.21. The van der Waals surface area contributed by atoms with E-state index in [0.717, 1.165) is 51.4 Å². The lowest BCUT2D eigenvalue weighted by Gasteiger charge is -2.26. The molecule has 0 aromatic carbocycles. The molecule has 0 rings (SSSR count). The van der Waals surface area contributed by atoms with Gasteiger partial charge in [-0.2, -0.15) is 0 Å². The van der Waals surface area contributed by atoms with Crippen LogP contribution in [0.4, 0.5) is 0 Å². The highest BCUT2D eigenvalue weighted by Crippen LogP contribution is 2.13. The second kappa shape index (κ2) is 33.2. The zero-order chi connectivity index (χ0) is 36.4. The van der Waals surface area contributed by atoms with E-state index >= 15 is 0 Å². The minimum absolute atomic E-state index is 0.149. The van der Waals surface area contributed by atoms with Crippen LogP contribution in [0.3, 0.4) is 0 Å². The second-order valence-corrected chi connectivity index (χ2v) is 14.6. The molecule has 2 unspecified atom stereocenters. The molecule has 0 bridgehead atoms. The predicted octanol–water partition coefficient (Wildman–Crippen LogP) is 8.22. The first-order valence-electron chi connectivity index (χ1n) is 19.8. The highest BCUT2D eigenvalue weighted by atomic mass is 16.7. The Morgan fingerprint density at radius 2 is 1.04 bits per heavy atom. The van der Waals surface area contributed by atoms with Gasteiger partial charge in [0.05, 0.1) is 40.3 Å². The number of carbonyl (C=O) groups is 3. The number of esters is 2. The summed E-state index contributed by atoms with van der Waals surface area (Å²) in [5.74, 6) is -2.30. The third-order valence-electron chi connectivity index (χ3n) is 8.51. The predicted molar refractivity (Wildman–Crippen MR) is 196 cm³/mol. The van der Waals surface area contributed by atoms with Gasteiger partial charge in [0.15, 0.2) is 12.4 Å². The number of rotatable bonds is 36. The zero-order valence-electron chi connectivity index (χ0n) is 32.3. The third kappa shape index (κ3) is 34.3. The number of nitrogens with zero attached hydrogens (tertiary/aromatic N) is 1. The fraction of sp³-hybridized carbons (Fsp3) is 0.875. The van der Waals surface area contributed by atoms with Crippen molar-refractivity contribution in [2.45, 2.75) is 180 Å². The number of quaternary nitrogens is 1. The van der Waals surface area contributed by atoms with Gasteiger partial charge < -0.3 is 33.3 Å². The molecule has 288 valence electrons. The van der Waals surface area contributed by atoms with Crippen LogP contribution in [0.2, 0.25) is 0 Å². The van der Waals surface area contributed by atoms with Crippen LogP contribution < -0.4 is 5.11 Å². The number of aliphatic carboxylic acids is 1. The largest absolute Gasteiger partial charge is 0.545 e. The lowest BCUT2D eigenvalue weighted by Crippen LogP contribution is -2.44. The van der Waals surface area contributed by atoms with Crippen LogP contribution in [0.25, 0.3) is 0 Å². The van der Waals surface area contributed by atoms with Crippen molar-refractivity contribution >= 4 is 17.9 Å². The number of carboxylic acid groups (broad SMARTS) is 1. The standard InChI is InChI=1S/C40H75NO8/c1-6-8-10-12-14-16-17-18-19-20-21-22-23-25-27-29-31-38(43)49-36(35-48-40(39(44)45)46-33-32-41(3,4)5)34-47-37(42)30-28-26-24-15-13-11-9-7-2/h19-20,36,40H,6-18,21-35H2,1-5H3/b20-19-. The van der Waals surface area contributed by atoms with Gasteiger partial charge in [-0.25, -0.2) is 0 Å². The van der Waals surface area contributed by atoms with Crippen LogP contribution in [0.5, 0.6) is 0 Å². The van der Waals surface area contributed by atoms with Crippen LogP contribution in [0, 0.1) is 0 Å². The topological polar surface area (TPSA) is 111 Å². The molecule has 9 nitrogen and oxygen atoms in total. The van der Waals surface area contributed by atoms with Gasteiger partial charge in [0.25, 0.3) is 0 Å². The minimum atomic E-state index is -1.61. The Labute approximate surface area is 300 Å². The maximum absolute atomic E-state index is 12.7. The Hall–Kier alpha value is -1.97. The number of unbranched alkanes of at least 4 members (excludes halogenated alkanes) is 19. The lowest BCUT2D eigenvalue weighted by atomic mass is 10.1. The van der Waals surface area contributed by atoms with Crippen LogP contribution in [0.15, 0.2) is 12.2 Å². The Morgan fingerprint density at radius 3 is 1.51 bits per heavy atom. The summed E-state index contributed by atoms with van der Waals surface area (Å²) in [5, 5.41) is 11.6. The molecule has 0 heterocycles. The average molecular weight is 698 g/mol. The summed E-state index contributed by atoms with van der Waals surface area (Å²) in [6.45, 7) is 4.68. The number of ether oxygens (including phenoxy) is 4.